The van der Waals surface area contributed by atoms with E-state index in [1.54, 1.807) is 42.7 Å². The van der Waals surface area contributed by atoms with E-state index in [0.717, 1.165) is 11.1 Å². The highest BCUT2D eigenvalue weighted by Gasteiger charge is 2.28. The van der Waals surface area contributed by atoms with Crippen molar-refractivity contribution >= 4 is 15.7 Å². The first-order chi connectivity index (χ1) is 13.9. The third-order valence-corrected chi connectivity index (χ3v) is 6.16. The number of anilines is 1. The van der Waals surface area contributed by atoms with Crippen molar-refractivity contribution in [3.63, 3.8) is 0 Å². The Hall–Kier alpha value is -3.32. The maximum absolute atomic E-state index is 13.2. The van der Waals surface area contributed by atoms with Gasteiger partial charge in [-0.15, -0.1) is 0 Å². The van der Waals surface area contributed by atoms with Gasteiger partial charge in [-0.1, -0.05) is 35.4 Å². The Morgan fingerprint density at radius 1 is 0.931 bits per heavy atom. The van der Waals surface area contributed by atoms with Crippen LogP contribution in [0.3, 0.4) is 0 Å². The van der Waals surface area contributed by atoms with Gasteiger partial charge in [-0.25, -0.2) is 8.42 Å². The predicted octanol–water partition coefficient (Wildman–Crippen LogP) is 5.00. The van der Waals surface area contributed by atoms with Crippen LogP contribution in [0.1, 0.15) is 16.9 Å². The molecule has 1 N–H and O–H groups in total. The highest BCUT2D eigenvalue weighted by atomic mass is 32.2. The number of hydrogen-bond acceptors (Lipinski definition) is 6. The average Bonchev–Trinajstić information content (AvgIpc) is 3.37. The molecule has 0 saturated carbocycles. The second-order valence-corrected chi connectivity index (χ2v) is 8.63. The molecule has 0 aliphatic rings. The number of nitrogens with zero attached hydrogens (tertiary/aromatic N) is 1. The van der Waals surface area contributed by atoms with Crippen molar-refractivity contribution in [3.8, 4) is 11.5 Å². The van der Waals surface area contributed by atoms with Crippen LogP contribution in [0.15, 0.2) is 85.7 Å². The van der Waals surface area contributed by atoms with Gasteiger partial charge in [-0.3, -0.25) is 0 Å². The van der Waals surface area contributed by atoms with Gasteiger partial charge in [0.05, 0.1) is 17.7 Å². The standard InChI is InChI=1S/C22H20N2O4S/c1-15-5-9-17(10-6-15)20-24-22(21(28-20)23-14-18-4-3-13-27-18)29(25,26)19-11-7-16(2)8-12-19/h3-13,23H,14H2,1-2H3. The number of benzene rings is 2. The fraction of sp³-hybridized carbons (Fsp3) is 0.136. The van der Waals surface area contributed by atoms with Crippen LogP contribution in [0.4, 0.5) is 5.88 Å². The zero-order chi connectivity index (χ0) is 20.4. The van der Waals surface area contributed by atoms with E-state index in [2.05, 4.69) is 10.3 Å². The predicted molar refractivity (Wildman–Crippen MR) is 109 cm³/mol. The van der Waals surface area contributed by atoms with Gasteiger partial charge in [0.25, 0.3) is 0 Å². The lowest BCUT2D eigenvalue weighted by Gasteiger charge is -2.05. The summed E-state index contributed by atoms with van der Waals surface area (Å²) in [6.45, 7) is 4.15. The molecule has 2 aromatic carbocycles. The van der Waals surface area contributed by atoms with Crippen LogP contribution in [0, 0.1) is 13.8 Å². The molecule has 0 aliphatic heterocycles. The Morgan fingerprint density at radius 2 is 1.59 bits per heavy atom. The SMILES string of the molecule is Cc1ccc(-c2nc(S(=O)(=O)c3ccc(C)cc3)c(NCc3ccco3)o2)cc1. The summed E-state index contributed by atoms with van der Waals surface area (Å²) in [6, 6.07) is 17.7. The molecule has 7 heteroatoms. The lowest BCUT2D eigenvalue weighted by atomic mass is 10.1. The summed E-state index contributed by atoms with van der Waals surface area (Å²) in [5, 5.41) is 2.85. The monoisotopic (exact) mass is 408 g/mol. The second kappa shape index (κ2) is 7.60. The van der Waals surface area contributed by atoms with Gasteiger partial charge in [0.2, 0.25) is 26.6 Å². The van der Waals surface area contributed by atoms with Crippen molar-refractivity contribution in [2.75, 3.05) is 5.32 Å². The highest BCUT2D eigenvalue weighted by molar-refractivity contribution is 7.91. The number of oxazole rings is 1. The van der Waals surface area contributed by atoms with E-state index in [9.17, 15) is 8.42 Å². The number of nitrogens with one attached hydrogen (secondary N) is 1. The lowest BCUT2D eigenvalue weighted by molar-refractivity contribution is 0.511. The number of hydrogen-bond donors (Lipinski definition) is 1. The molecule has 0 amide bonds. The van der Waals surface area contributed by atoms with E-state index >= 15 is 0 Å². The summed E-state index contributed by atoms with van der Waals surface area (Å²) in [5.74, 6) is 0.965. The minimum absolute atomic E-state index is 0.0811. The molecule has 0 saturated heterocycles. The third kappa shape index (κ3) is 3.95. The summed E-state index contributed by atoms with van der Waals surface area (Å²) >= 11 is 0. The zero-order valence-electron chi connectivity index (χ0n) is 16.0. The van der Waals surface area contributed by atoms with Crippen molar-refractivity contribution in [2.45, 2.75) is 30.3 Å². The number of aryl methyl sites for hydroxylation is 2. The maximum Gasteiger partial charge on any atom is 0.234 e. The van der Waals surface area contributed by atoms with Crippen molar-refractivity contribution in [1.82, 2.24) is 4.98 Å². The van der Waals surface area contributed by atoms with Crippen LogP contribution in [-0.2, 0) is 16.4 Å². The molecule has 0 atom stereocenters. The normalized spacial score (nSPS) is 11.5. The molecule has 148 valence electrons. The van der Waals surface area contributed by atoms with E-state index in [1.165, 1.54) is 0 Å². The van der Waals surface area contributed by atoms with Crippen molar-refractivity contribution < 1.29 is 17.3 Å². The Balaban J connectivity index is 1.77. The van der Waals surface area contributed by atoms with Gasteiger partial charge in [0.15, 0.2) is 0 Å². The summed E-state index contributed by atoms with van der Waals surface area (Å²) in [6.07, 6.45) is 1.55. The molecule has 0 unspecified atom stereocenters. The summed E-state index contributed by atoms with van der Waals surface area (Å²) in [5.41, 5.74) is 2.76. The molecule has 0 bridgehead atoms. The van der Waals surface area contributed by atoms with E-state index in [0.29, 0.717) is 11.3 Å². The van der Waals surface area contributed by atoms with Crippen LogP contribution >= 0.6 is 0 Å². The topological polar surface area (TPSA) is 85.3 Å². The molecule has 4 aromatic rings. The van der Waals surface area contributed by atoms with Crippen LogP contribution < -0.4 is 5.32 Å². The van der Waals surface area contributed by atoms with Crippen LogP contribution in [0.5, 0.6) is 0 Å². The molecule has 6 nitrogen and oxygen atoms in total. The molecule has 4 rings (SSSR count). The number of rotatable bonds is 6. The van der Waals surface area contributed by atoms with E-state index in [-0.39, 0.29) is 28.2 Å². The number of furan rings is 1. The second-order valence-electron chi connectivity index (χ2n) is 6.77. The number of aromatic nitrogens is 1. The fourth-order valence-electron chi connectivity index (χ4n) is 2.83. The van der Waals surface area contributed by atoms with Crippen LogP contribution in [0.25, 0.3) is 11.5 Å². The average molecular weight is 408 g/mol. The molecule has 2 aromatic heterocycles. The summed E-state index contributed by atoms with van der Waals surface area (Å²) in [7, 11) is -3.87. The van der Waals surface area contributed by atoms with Gasteiger partial charge in [0.1, 0.15) is 5.76 Å². The van der Waals surface area contributed by atoms with Crippen molar-refractivity contribution in [1.29, 1.82) is 0 Å². The lowest BCUT2D eigenvalue weighted by Crippen LogP contribution is -2.07. The highest BCUT2D eigenvalue weighted by Crippen LogP contribution is 2.32. The molecule has 0 radical (unpaired) electrons. The smallest absolute Gasteiger partial charge is 0.234 e. The molecule has 0 spiro atoms. The first kappa shape index (κ1) is 19.0. The number of sulfone groups is 1. The van der Waals surface area contributed by atoms with Gasteiger partial charge >= 0.3 is 0 Å². The van der Waals surface area contributed by atoms with E-state index < -0.39 is 9.84 Å². The molecule has 29 heavy (non-hydrogen) atoms. The first-order valence-corrected chi connectivity index (χ1v) is 10.6. The molecular weight excluding hydrogens is 388 g/mol. The minimum Gasteiger partial charge on any atom is -0.467 e. The van der Waals surface area contributed by atoms with Gasteiger partial charge < -0.3 is 14.2 Å². The molecular formula is C22H20N2O4S. The van der Waals surface area contributed by atoms with Crippen molar-refractivity contribution in [3.05, 3.63) is 83.8 Å². The first-order valence-electron chi connectivity index (χ1n) is 9.09. The molecule has 0 aliphatic carbocycles. The Bertz CT molecular complexity index is 1210. The Labute approximate surface area is 169 Å². The minimum atomic E-state index is -3.87. The van der Waals surface area contributed by atoms with E-state index in [1.807, 2.05) is 38.1 Å². The van der Waals surface area contributed by atoms with Crippen molar-refractivity contribution in [2.24, 2.45) is 0 Å². The van der Waals surface area contributed by atoms with Gasteiger partial charge in [-0.2, -0.15) is 4.98 Å². The van der Waals surface area contributed by atoms with Crippen LogP contribution in [0.2, 0.25) is 0 Å². The molecule has 0 fully saturated rings. The maximum atomic E-state index is 13.2. The molecule has 2 heterocycles. The summed E-state index contributed by atoms with van der Waals surface area (Å²) < 4.78 is 37.6. The zero-order valence-corrected chi connectivity index (χ0v) is 16.9. The Kier molecular flexibility index (Phi) is 4.98. The quantitative estimate of drug-likeness (QED) is 0.483. The third-order valence-electron chi connectivity index (χ3n) is 4.48. The Morgan fingerprint density at radius 3 is 2.21 bits per heavy atom. The van der Waals surface area contributed by atoms with Crippen LogP contribution in [-0.4, -0.2) is 13.4 Å². The fourth-order valence-corrected chi connectivity index (χ4v) is 4.11. The van der Waals surface area contributed by atoms with Gasteiger partial charge in [-0.05, 0) is 50.2 Å². The largest absolute Gasteiger partial charge is 0.467 e. The summed E-state index contributed by atoms with van der Waals surface area (Å²) in [4.78, 5) is 4.49. The van der Waals surface area contributed by atoms with E-state index in [4.69, 9.17) is 8.83 Å². The van der Waals surface area contributed by atoms with Gasteiger partial charge in [0, 0.05) is 5.56 Å².